The molecule has 14 heavy (non-hydrogen) atoms. The molecule has 0 spiro atoms. The second kappa shape index (κ2) is 3.75. The van der Waals surface area contributed by atoms with Gasteiger partial charge in [0.25, 0.3) is 0 Å². The van der Waals surface area contributed by atoms with E-state index in [4.69, 9.17) is 16.2 Å². The summed E-state index contributed by atoms with van der Waals surface area (Å²) in [6, 6.07) is 4.64. The predicted octanol–water partition coefficient (Wildman–Crippen LogP) is 0.232. The Balaban J connectivity index is 2.78. The first-order chi connectivity index (χ1) is 6.38. The summed E-state index contributed by atoms with van der Waals surface area (Å²) in [4.78, 5) is 0. The molecule has 0 bridgehead atoms. The summed E-state index contributed by atoms with van der Waals surface area (Å²) in [6.07, 6.45) is 1.08. The topological polar surface area (TPSA) is 95.4 Å². The number of hydrogen-bond acceptors (Lipinski definition) is 5. The van der Waals surface area contributed by atoms with Crippen LogP contribution in [0.3, 0.4) is 0 Å². The third-order valence-electron chi connectivity index (χ3n) is 1.46. The Morgan fingerprint density at radius 1 is 1.36 bits per heavy atom. The zero-order valence-corrected chi connectivity index (χ0v) is 8.54. The molecule has 0 atom stereocenters. The lowest BCUT2D eigenvalue weighted by atomic mass is 10.2. The number of benzene rings is 1. The van der Waals surface area contributed by atoms with E-state index in [1.165, 1.54) is 12.1 Å². The highest BCUT2D eigenvalue weighted by molar-refractivity contribution is 7.90. The van der Waals surface area contributed by atoms with Crippen LogP contribution in [0.4, 0.5) is 11.4 Å². The Labute approximate surface area is 82.6 Å². The maximum atomic E-state index is 10.8. The van der Waals surface area contributed by atoms with Crippen LogP contribution in [0, 0.1) is 0 Å². The monoisotopic (exact) mass is 216 g/mol. The average Bonchev–Trinajstić information content (AvgIpc) is 2.00. The fraction of sp³-hybridized carbons (Fsp3) is 0.250. The van der Waals surface area contributed by atoms with Gasteiger partial charge in [-0.05, 0) is 18.2 Å². The van der Waals surface area contributed by atoms with E-state index in [0.717, 1.165) is 6.26 Å². The number of nitrogens with two attached hydrogens (primary N) is 2. The summed E-state index contributed by atoms with van der Waals surface area (Å²) in [5, 5.41) is 0. The van der Waals surface area contributed by atoms with Gasteiger partial charge in [0.1, 0.15) is 5.75 Å². The molecule has 6 heteroatoms. The van der Waals surface area contributed by atoms with Crippen LogP contribution >= 0.6 is 0 Å². The van der Waals surface area contributed by atoms with E-state index in [0.29, 0.717) is 17.1 Å². The third-order valence-corrected chi connectivity index (χ3v) is 2.01. The van der Waals surface area contributed by atoms with Gasteiger partial charge in [0.2, 0.25) is 0 Å². The van der Waals surface area contributed by atoms with Crippen molar-refractivity contribution in [3.63, 3.8) is 0 Å². The van der Waals surface area contributed by atoms with Crippen molar-refractivity contribution in [2.45, 2.75) is 0 Å². The number of sulfone groups is 1. The van der Waals surface area contributed by atoms with Crippen LogP contribution in [0.5, 0.6) is 5.75 Å². The first-order valence-corrected chi connectivity index (χ1v) is 5.90. The summed E-state index contributed by atoms with van der Waals surface area (Å²) < 4.78 is 26.6. The zero-order valence-electron chi connectivity index (χ0n) is 7.73. The number of ether oxygens (including phenoxy) is 1. The number of nitrogen functional groups attached to an aromatic ring is 2. The van der Waals surface area contributed by atoms with Crippen molar-refractivity contribution in [1.82, 2.24) is 0 Å². The van der Waals surface area contributed by atoms with Crippen molar-refractivity contribution >= 4 is 21.2 Å². The zero-order chi connectivity index (χ0) is 10.8. The van der Waals surface area contributed by atoms with E-state index in [1.54, 1.807) is 6.07 Å². The first kappa shape index (κ1) is 10.6. The van der Waals surface area contributed by atoms with Crippen molar-refractivity contribution in [2.24, 2.45) is 0 Å². The largest absolute Gasteiger partial charge is 0.476 e. The number of rotatable bonds is 3. The van der Waals surface area contributed by atoms with E-state index in [-0.39, 0.29) is 5.94 Å². The van der Waals surface area contributed by atoms with E-state index in [2.05, 4.69) is 0 Å². The van der Waals surface area contributed by atoms with Crippen molar-refractivity contribution in [1.29, 1.82) is 0 Å². The van der Waals surface area contributed by atoms with Gasteiger partial charge in [-0.3, -0.25) is 0 Å². The number of hydrogen-bond donors (Lipinski definition) is 2. The normalized spacial score (nSPS) is 11.2. The third kappa shape index (κ3) is 3.14. The maximum Gasteiger partial charge on any atom is 0.189 e. The van der Waals surface area contributed by atoms with Gasteiger partial charge in [-0.15, -0.1) is 0 Å². The lowest BCUT2D eigenvalue weighted by molar-refractivity contribution is 0.380. The second-order valence-electron chi connectivity index (χ2n) is 2.99. The molecule has 1 aromatic carbocycles. The summed E-state index contributed by atoms with van der Waals surface area (Å²) in [5.41, 5.74) is 11.8. The van der Waals surface area contributed by atoms with Gasteiger partial charge in [-0.25, -0.2) is 8.42 Å². The molecular weight excluding hydrogens is 204 g/mol. The van der Waals surface area contributed by atoms with Gasteiger partial charge in [-0.2, -0.15) is 0 Å². The van der Waals surface area contributed by atoms with Gasteiger partial charge < -0.3 is 16.2 Å². The summed E-state index contributed by atoms with van der Waals surface area (Å²) in [5.74, 6) is -0.0641. The number of anilines is 2. The molecule has 78 valence electrons. The molecule has 0 unspecified atom stereocenters. The van der Waals surface area contributed by atoms with Crippen molar-refractivity contribution in [3.05, 3.63) is 18.2 Å². The predicted molar refractivity (Wildman–Crippen MR) is 55.6 cm³/mol. The highest BCUT2D eigenvalue weighted by atomic mass is 32.2. The van der Waals surface area contributed by atoms with Crippen LogP contribution in [-0.2, 0) is 9.84 Å². The van der Waals surface area contributed by atoms with E-state index in [9.17, 15) is 8.42 Å². The summed E-state index contributed by atoms with van der Waals surface area (Å²) in [7, 11) is -3.16. The van der Waals surface area contributed by atoms with E-state index >= 15 is 0 Å². The van der Waals surface area contributed by atoms with Crippen LogP contribution < -0.4 is 16.2 Å². The lowest BCUT2D eigenvalue weighted by Gasteiger charge is -2.07. The van der Waals surface area contributed by atoms with Gasteiger partial charge in [0, 0.05) is 11.9 Å². The van der Waals surface area contributed by atoms with Crippen molar-refractivity contribution in [3.8, 4) is 5.75 Å². The Kier molecular flexibility index (Phi) is 2.85. The maximum absolute atomic E-state index is 10.8. The quantitative estimate of drug-likeness (QED) is 0.705. The standard InChI is InChI=1S/C8H12N2O3S/c1-14(11,12)5-13-8-3-2-6(9)4-7(8)10/h2-4H,5,9-10H2,1H3. The molecule has 0 amide bonds. The fourth-order valence-electron chi connectivity index (χ4n) is 0.869. The molecule has 0 saturated carbocycles. The molecule has 0 aliphatic heterocycles. The van der Waals surface area contributed by atoms with E-state index < -0.39 is 9.84 Å². The molecule has 0 aromatic heterocycles. The molecule has 0 saturated heterocycles. The molecular formula is C8H12N2O3S. The highest BCUT2D eigenvalue weighted by Crippen LogP contribution is 2.23. The minimum Gasteiger partial charge on any atom is -0.476 e. The Hall–Kier alpha value is -1.43. The van der Waals surface area contributed by atoms with Gasteiger partial charge >= 0.3 is 0 Å². The second-order valence-corrected chi connectivity index (χ2v) is 5.07. The molecule has 0 aliphatic carbocycles. The van der Waals surface area contributed by atoms with Crippen LogP contribution in [-0.4, -0.2) is 20.6 Å². The Bertz CT molecular complexity index is 428. The van der Waals surface area contributed by atoms with Gasteiger partial charge in [0.15, 0.2) is 15.8 Å². The molecule has 0 heterocycles. The van der Waals surface area contributed by atoms with Crippen molar-refractivity contribution < 1.29 is 13.2 Å². The molecule has 0 aliphatic rings. The Morgan fingerprint density at radius 2 is 2.00 bits per heavy atom. The fourth-order valence-corrected chi connectivity index (χ4v) is 1.21. The van der Waals surface area contributed by atoms with Crippen LogP contribution in [0.1, 0.15) is 0 Å². The molecule has 5 nitrogen and oxygen atoms in total. The smallest absolute Gasteiger partial charge is 0.189 e. The van der Waals surface area contributed by atoms with Crippen molar-refractivity contribution in [2.75, 3.05) is 23.7 Å². The molecule has 4 N–H and O–H groups in total. The molecule has 1 rings (SSSR count). The van der Waals surface area contributed by atoms with E-state index in [1.807, 2.05) is 0 Å². The van der Waals surface area contributed by atoms with Gasteiger partial charge in [-0.1, -0.05) is 0 Å². The highest BCUT2D eigenvalue weighted by Gasteiger charge is 2.05. The molecule has 1 aromatic rings. The SMILES string of the molecule is CS(=O)(=O)COc1ccc(N)cc1N. The molecule has 0 fully saturated rings. The lowest BCUT2D eigenvalue weighted by Crippen LogP contribution is -2.10. The summed E-state index contributed by atoms with van der Waals surface area (Å²) in [6.45, 7) is 0. The van der Waals surface area contributed by atoms with Crippen LogP contribution in [0.2, 0.25) is 0 Å². The first-order valence-electron chi connectivity index (χ1n) is 3.84. The Morgan fingerprint density at radius 3 is 2.50 bits per heavy atom. The molecule has 0 radical (unpaired) electrons. The minimum atomic E-state index is -3.16. The minimum absolute atomic E-state index is 0.324. The van der Waals surface area contributed by atoms with Gasteiger partial charge in [0.05, 0.1) is 5.69 Å². The average molecular weight is 216 g/mol. The van der Waals surface area contributed by atoms with Crippen LogP contribution in [0.25, 0.3) is 0 Å². The summed E-state index contributed by atoms with van der Waals surface area (Å²) >= 11 is 0. The van der Waals surface area contributed by atoms with Crippen LogP contribution in [0.15, 0.2) is 18.2 Å².